The number of aryl methyl sites for hydroxylation is 1. The van der Waals surface area contributed by atoms with E-state index in [4.69, 9.17) is 0 Å². The van der Waals surface area contributed by atoms with Crippen LogP contribution in [0.4, 0.5) is 11.8 Å². The van der Waals surface area contributed by atoms with Gasteiger partial charge in [-0.15, -0.1) is 10.2 Å². The second kappa shape index (κ2) is 6.46. The topological polar surface area (TPSA) is 80.5 Å². The highest BCUT2D eigenvalue weighted by Gasteiger charge is 2.05. The Morgan fingerprint density at radius 3 is 2.89 bits per heavy atom. The molecule has 19 heavy (non-hydrogen) atoms. The van der Waals surface area contributed by atoms with E-state index in [0.717, 1.165) is 35.6 Å². The summed E-state index contributed by atoms with van der Waals surface area (Å²) < 4.78 is 2.74. The highest BCUT2D eigenvalue weighted by molar-refractivity contribution is 9.10. The van der Waals surface area contributed by atoms with Gasteiger partial charge >= 0.3 is 0 Å². The van der Waals surface area contributed by atoms with Gasteiger partial charge in [0.25, 0.3) is 0 Å². The van der Waals surface area contributed by atoms with Crippen LogP contribution in [0.15, 0.2) is 17.0 Å². The lowest BCUT2D eigenvalue weighted by Gasteiger charge is -2.09. The van der Waals surface area contributed by atoms with E-state index in [1.807, 2.05) is 18.5 Å². The fraction of sp³-hybridized carbons (Fsp3) is 0.455. The van der Waals surface area contributed by atoms with Gasteiger partial charge in [-0.05, 0) is 22.9 Å². The summed E-state index contributed by atoms with van der Waals surface area (Å²) in [6.07, 6.45) is 4.21. The van der Waals surface area contributed by atoms with Crippen molar-refractivity contribution in [1.82, 2.24) is 24.7 Å². The maximum Gasteiger partial charge on any atom is 0.224 e. The molecule has 7 nitrogen and oxygen atoms in total. The Morgan fingerprint density at radius 2 is 2.21 bits per heavy atom. The number of aromatic nitrogens is 5. The van der Waals surface area contributed by atoms with Gasteiger partial charge in [-0.25, -0.2) is 4.98 Å². The van der Waals surface area contributed by atoms with E-state index in [9.17, 15) is 0 Å². The van der Waals surface area contributed by atoms with Crippen LogP contribution in [0.25, 0.3) is 0 Å². The third-order valence-electron chi connectivity index (χ3n) is 2.53. The van der Waals surface area contributed by atoms with Crippen molar-refractivity contribution in [2.75, 3.05) is 23.7 Å². The first-order valence-corrected chi connectivity index (χ1v) is 6.83. The summed E-state index contributed by atoms with van der Waals surface area (Å²) in [5.74, 6) is 2.32. The molecule has 102 valence electrons. The van der Waals surface area contributed by atoms with Gasteiger partial charge < -0.3 is 15.2 Å². The SMILES string of the molecule is CCNc1ncc(Br)c(NCCc2nncn2C)n1. The average molecular weight is 326 g/mol. The fourth-order valence-electron chi connectivity index (χ4n) is 1.56. The molecule has 0 aliphatic carbocycles. The summed E-state index contributed by atoms with van der Waals surface area (Å²) in [5, 5.41) is 14.2. The van der Waals surface area contributed by atoms with Gasteiger partial charge in [0, 0.05) is 32.8 Å². The lowest BCUT2D eigenvalue weighted by atomic mass is 10.4. The predicted molar refractivity (Wildman–Crippen MR) is 77.1 cm³/mol. The van der Waals surface area contributed by atoms with Gasteiger partial charge in [0.05, 0.1) is 4.47 Å². The van der Waals surface area contributed by atoms with Crippen LogP contribution < -0.4 is 10.6 Å². The lowest BCUT2D eigenvalue weighted by molar-refractivity contribution is 0.787. The summed E-state index contributed by atoms with van der Waals surface area (Å²) >= 11 is 3.43. The van der Waals surface area contributed by atoms with Gasteiger partial charge in [0.1, 0.15) is 18.0 Å². The Hall–Kier alpha value is -1.70. The van der Waals surface area contributed by atoms with Crippen LogP contribution in [0.2, 0.25) is 0 Å². The summed E-state index contributed by atoms with van der Waals surface area (Å²) in [4.78, 5) is 8.55. The van der Waals surface area contributed by atoms with Crippen LogP contribution in [0.1, 0.15) is 12.7 Å². The third-order valence-corrected chi connectivity index (χ3v) is 3.11. The van der Waals surface area contributed by atoms with Crippen molar-refractivity contribution in [3.63, 3.8) is 0 Å². The van der Waals surface area contributed by atoms with Gasteiger partial charge in [-0.3, -0.25) is 0 Å². The van der Waals surface area contributed by atoms with E-state index in [0.29, 0.717) is 5.95 Å². The molecule has 2 aromatic heterocycles. The zero-order chi connectivity index (χ0) is 13.7. The Labute approximate surface area is 120 Å². The minimum absolute atomic E-state index is 0.617. The first kappa shape index (κ1) is 13.7. The van der Waals surface area contributed by atoms with E-state index >= 15 is 0 Å². The number of nitrogens with one attached hydrogen (secondary N) is 2. The van der Waals surface area contributed by atoms with Crippen molar-refractivity contribution in [2.24, 2.45) is 7.05 Å². The van der Waals surface area contributed by atoms with Crippen LogP contribution in [-0.2, 0) is 13.5 Å². The van der Waals surface area contributed by atoms with Crippen LogP contribution >= 0.6 is 15.9 Å². The van der Waals surface area contributed by atoms with E-state index in [1.165, 1.54) is 0 Å². The molecule has 2 heterocycles. The van der Waals surface area contributed by atoms with Crippen molar-refractivity contribution in [3.8, 4) is 0 Å². The number of hydrogen-bond acceptors (Lipinski definition) is 6. The van der Waals surface area contributed by atoms with Crippen LogP contribution in [0.5, 0.6) is 0 Å². The van der Waals surface area contributed by atoms with Crippen molar-refractivity contribution < 1.29 is 0 Å². The molecule has 0 amide bonds. The molecule has 0 atom stereocenters. The molecule has 0 saturated carbocycles. The molecule has 0 aliphatic rings. The van der Waals surface area contributed by atoms with Crippen molar-refractivity contribution in [2.45, 2.75) is 13.3 Å². The molecule has 2 aromatic rings. The van der Waals surface area contributed by atoms with E-state index in [1.54, 1.807) is 12.5 Å². The molecule has 2 N–H and O–H groups in total. The predicted octanol–water partition coefficient (Wildman–Crippen LogP) is 1.45. The quantitative estimate of drug-likeness (QED) is 0.836. The summed E-state index contributed by atoms with van der Waals surface area (Å²) in [6, 6.07) is 0. The fourth-order valence-corrected chi connectivity index (χ4v) is 1.89. The Balaban J connectivity index is 1.95. The number of hydrogen-bond donors (Lipinski definition) is 2. The van der Waals surface area contributed by atoms with Gasteiger partial charge in [-0.1, -0.05) is 0 Å². The molecule has 2 rings (SSSR count). The van der Waals surface area contributed by atoms with Crippen LogP contribution in [0, 0.1) is 0 Å². The van der Waals surface area contributed by atoms with Gasteiger partial charge in [-0.2, -0.15) is 4.98 Å². The lowest BCUT2D eigenvalue weighted by Crippen LogP contribution is -2.11. The normalized spacial score (nSPS) is 10.5. The Morgan fingerprint density at radius 1 is 1.37 bits per heavy atom. The first-order valence-electron chi connectivity index (χ1n) is 6.04. The maximum atomic E-state index is 4.38. The molecular weight excluding hydrogens is 310 g/mol. The number of rotatable bonds is 6. The van der Waals surface area contributed by atoms with Crippen molar-refractivity contribution in [1.29, 1.82) is 0 Å². The van der Waals surface area contributed by atoms with Gasteiger partial charge in [0.2, 0.25) is 5.95 Å². The number of nitrogens with zero attached hydrogens (tertiary/aromatic N) is 5. The van der Waals surface area contributed by atoms with E-state index in [-0.39, 0.29) is 0 Å². The summed E-state index contributed by atoms with van der Waals surface area (Å²) in [7, 11) is 1.93. The second-order valence-corrected chi connectivity index (χ2v) is 4.81. The third kappa shape index (κ3) is 3.63. The summed E-state index contributed by atoms with van der Waals surface area (Å²) in [5.41, 5.74) is 0. The molecule has 0 aliphatic heterocycles. The molecule has 0 radical (unpaired) electrons. The van der Waals surface area contributed by atoms with E-state index in [2.05, 4.69) is 46.7 Å². The van der Waals surface area contributed by atoms with Crippen LogP contribution in [-0.4, -0.2) is 37.8 Å². The minimum Gasteiger partial charge on any atom is -0.369 e. The summed E-state index contributed by atoms with van der Waals surface area (Å²) in [6.45, 7) is 3.53. The molecule has 0 fully saturated rings. The first-order chi connectivity index (χ1) is 9.20. The molecule has 0 bridgehead atoms. The van der Waals surface area contributed by atoms with Crippen LogP contribution in [0.3, 0.4) is 0 Å². The largest absolute Gasteiger partial charge is 0.369 e. The maximum absolute atomic E-state index is 4.38. The molecule has 0 saturated heterocycles. The molecule has 8 heteroatoms. The van der Waals surface area contributed by atoms with Crippen molar-refractivity contribution >= 4 is 27.7 Å². The Kier molecular flexibility index (Phi) is 4.67. The highest BCUT2D eigenvalue weighted by Crippen LogP contribution is 2.19. The highest BCUT2D eigenvalue weighted by atomic mass is 79.9. The van der Waals surface area contributed by atoms with Gasteiger partial charge in [0.15, 0.2) is 0 Å². The zero-order valence-corrected chi connectivity index (χ0v) is 12.5. The monoisotopic (exact) mass is 325 g/mol. The Bertz CT molecular complexity index is 540. The molecule has 0 aromatic carbocycles. The average Bonchev–Trinajstić information content (AvgIpc) is 2.79. The second-order valence-electron chi connectivity index (χ2n) is 3.96. The molecule has 0 spiro atoms. The van der Waals surface area contributed by atoms with Crippen molar-refractivity contribution in [3.05, 3.63) is 22.8 Å². The number of anilines is 2. The smallest absolute Gasteiger partial charge is 0.224 e. The molecular formula is C11H16BrN7. The molecule has 0 unspecified atom stereocenters. The van der Waals surface area contributed by atoms with E-state index < -0.39 is 0 Å². The minimum atomic E-state index is 0.617. The standard InChI is InChI=1S/C11H16BrN7/c1-3-13-11-15-6-8(12)10(17-11)14-5-4-9-18-16-7-19(9)2/h6-7H,3-5H2,1-2H3,(H2,13,14,15,17). The zero-order valence-electron chi connectivity index (χ0n) is 10.9. The number of halogens is 1.